The number of aromatic hydroxyl groups is 1. The Labute approximate surface area is 89.0 Å². The fourth-order valence-electron chi connectivity index (χ4n) is 1.11. The number of rotatable bonds is 3. The molecule has 15 heavy (non-hydrogen) atoms. The van der Waals surface area contributed by atoms with E-state index in [1.807, 2.05) is 19.1 Å². The SMILES string of the molecule is CC=Cc1ccc(OC(=O)CC)c(O)c1. The van der Waals surface area contributed by atoms with Crippen molar-refractivity contribution in [3.05, 3.63) is 29.8 Å². The van der Waals surface area contributed by atoms with Gasteiger partial charge in [-0.05, 0) is 24.6 Å². The summed E-state index contributed by atoms with van der Waals surface area (Å²) in [6.45, 7) is 3.59. The zero-order chi connectivity index (χ0) is 11.3. The number of allylic oxidation sites excluding steroid dienone is 1. The first-order chi connectivity index (χ1) is 7.17. The van der Waals surface area contributed by atoms with E-state index in [4.69, 9.17) is 4.74 Å². The largest absolute Gasteiger partial charge is 0.504 e. The van der Waals surface area contributed by atoms with Gasteiger partial charge in [0.15, 0.2) is 11.5 Å². The van der Waals surface area contributed by atoms with Crippen LogP contribution in [0.5, 0.6) is 11.5 Å². The molecule has 0 amide bonds. The summed E-state index contributed by atoms with van der Waals surface area (Å²) in [6, 6.07) is 4.91. The highest BCUT2D eigenvalue weighted by Gasteiger charge is 2.06. The summed E-state index contributed by atoms with van der Waals surface area (Å²) in [6.07, 6.45) is 4.01. The van der Waals surface area contributed by atoms with Crippen molar-refractivity contribution < 1.29 is 14.6 Å². The summed E-state index contributed by atoms with van der Waals surface area (Å²) >= 11 is 0. The molecule has 0 aliphatic rings. The van der Waals surface area contributed by atoms with E-state index in [1.54, 1.807) is 25.1 Å². The Morgan fingerprint density at radius 3 is 2.80 bits per heavy atom. The first-order valence-electron chi connectivity index (χ1n) is 4.83. The predicted octanol–water partition coefficient (Wildman–Crippen LogP) is 2.74. The Balaban J connectivity index is 2.88. The molecule has 0 saturated carbocycles. The first-order valence-corrected chi connectivity index (χ1v) is 4.83. The van der Waals surface area contributed by atoms with Crippen molar-refractivity contribution in [2.45, 2.75) is 20.3 Å². The van der Waals surface area contributed by atoms with Gasteiger partial charge < -0.3 is 9.84 Å². The standard InChI is InChI=1S/C12H14O3/c1-3-5-9-6-7-11(10(13)8-9)15-12(14)4-2/h3,5-8,13H,4H2,1-2H3. The highest BCUT2D eigenvalue weighted by molar-refractivity contribution is 5.73. The topological polar surface area (TPSA) is 46.5 Å². The zero-order valence-electron chi connectivity index (χ0n) is 8.86. The van der Waals surface area contributed by atoms with Crippen LogP contribution in [0, 0.1) is 0 Å². The molecule has 0 spiro atoms. The second-order valence-corrected chi connectivity index (χ2v) is 3.05. The van der Waals surface area contributed by atoms with E-state index in [0.29, 0.717) is 0 Å². The maximum Gasteiger partial charge on any atom is 0.311 e. The molecule has 0 heterocycles. The highest BCUT2D eigenvalue weighted by Crippen LogP contribution is 2.27. The molecule has 1 N–H and O–H groups in total. The van der Waals surface area contributed by atoms with Gasteiger partial charge in [-0.3, -0.25) is 4.79 Å². The number of phenolic OH excluding ortho intramolecular Hbond substituents is 1. The van der Waals surface area contributed by atoms with E-state index in [2.05, 4.69) is 0 Å². The van der Waals surface area contributed by atoms with Crippen LogP contribution in [-0.4, -0.2) is 11.1 Å². The van der Waals surface area contributed by atoms with Crippen molar-refractivity contribution in [1.29, 1.82) is 0 Å². The van der Waals surface area contributed by atoms with E-state index < -0.39 is 0 Å². The number of hydrogen-bond acceptors (Lipinski definition) is 3. The summed E-state index contributed by atoms with van der Waals surface area (Å²) in [5.41, 5.74) is 0.867. The lowest BCUT2D eigenvalue weighted by molar-refractivity contribution is -0.134. The summed E-state index contributed by atoms with van der Waals surface area (Å²) < 4.78 is 4.91. The quantitative estimate of drug-likeness (QED) is 0.611. The average Bonchev–Trinajstić information content (AvgIpc) is 2.22. The van der Waals surface area contributed by atoms with Crippen LogP contribution >= 0.6 is 0 Å². The van der Waals surface area contributed by atoms with Gasteiger partial charge in [-0.2, -0.15) is 0 Å². The Hall–Kier alpha value is -1.77. The van der Waals surface area contributed by atoms with Gasteiger partial charge in [0.1, 0.15) is 0 Å². The number of benzene rings is 1. The number of carbonyl (C=O) groups excluding carboxylic acids is 1. The molecule has 1 aromatic carbocycles. The molecule has 0 radical (unpaired) electrons. The van der Waals surface area contributed by atoms with Crippen molar-refractivity contribution in [2.75, 3.05) is 0 Å². The van der Waals surface area contributed by atoms with Crippen LogP contribution in [0.25, 0.3) is 6.08 Å². The van der Waals surface area contributed by atoms with Crippen LogP contribution in [-0.2, 0) is 4.79 Å². The van der Waals surface area contributed by atoms with Gasteiger partial charge in [-0.1, -0.05) is 25.1 Å². The van der Waals surface area contributed by atoms with Crippen molar-refractivity contribution >= 4 is 12.0 Å². The molecule has 1 rings (SSSR count). The van der Waals surface area contributed by atoms with E-state index in [0.717, 1.165) is 5.56 Å². The highest BCUT2D eigenvalue weighted by atomic mass is 16.5. The second kappa shape index (κ2) is 5.20. The van der Waals surface area contributed by atoms with Gasteiger partial charge in [-0.25, -0.2) is 0 Å². The second-order valence-electron chi connectivity index (χ2n) is 3.05. The maximum atomic E-state index is 11.0. The zero-order valence-corrected chi connectivity index (χ0v) is 8.86. The minimum absolute atomic E-state index is 0.0209. The number of carbonyl (C=O) groups is 1. The third-order valence-corrected chi connectivity index (χ3v) is 1.85. The Morgan fingerprint density at radius 2 is 2.27 bits per heavy atom. The van der Waals surface area contributed by atoms with Crippen LogP contribution in [0.15, 0.2) is 24.3 Å². The van der Waals surface area contributed by atoms with Crippen molar-refractivity contribution in [1.82, 2.24) is 0 Å². The van der Waals surface area contributed by atoms with Crippen molar-refractivity contribution in [2.24, 2.45) is 0 Å². The molecule has 0 bridgehead atoms. The minimum Gasteiger partial charge on any atom is -0.504 e. The average molecular weight is 206 g/mol. The Kier molecular flexibility index (Phi) is 3.92. The van der Waals surface area contributed by atoms with E-state index >= 15 is 0 Å². The molecular weight excluding hydrogens is 192 g/mol. The molecule has 0 fully saturated rings. The van der Waals surface area contributed by atoms with Crippen LogP contribution < -0.4 is 4.74 Å². The van der Waals surface area contributed by atoms with Crippen LogP contribution in [0.4, 0.5) is 0 Å². The number of phenols is 1. The molecule has 0 unspecified atom stereocenters. The lowest BCUT2D eigenvalue weighted by Gasteiger charge is -2.05. The number of hydrogen-bond donors (Lipinski definition) is 1. The maximum absolute atomic E-state index is 11.0. The fraction of sp³-hybridized carbons (Fsp3) is 0.250. The van der Waals surface area contributed by atoms with Gasteiger partial charge in [0.25, 0.3) is 0 Å². The minimum atomic E-state index is -0.357. The molecule has 3 heteroatoms. The van der Waals surface area contributed by atoms with Gasteiger partial charge in [0.05, 0.1) is 0 Å². The van der Waals surface area contributed by atoms with E-state index in [9.17, 15) is 9.90 Å². The summed E-state index contributed by atoms with van der Waals surface area (Å²) in [7, 11) is 0. The Bertz CT molecular complexity index is 380. The lowest BCUT2D eigenvalue weighted by atomic mass is 10.2. The third kappa shape index (κ3) is 3.13. The molecule has 3 nitrogen and oxygen atoms in total. The third-order valence-electron chi connectivity index (χ3n) is 1.85. The van der Waals surface area contributed by atoms with Gasteiger partial charge in [0, 0.05) is 6.42 Å². The summed E-state index contributed by atoms with van der Waals surface area (Å²) in [4.78, 5) is 11.0. The van der Waals surface area contributed by atoms with Gasteiger partial charge in [0.2, 0.25) is 0 Å². The summed E-state index contributed by atoms with van der Waals surface area (Å²) in [5, 5.41) is 9.55. The van der Waals surface area contributed by atoms with Crippen LogP contribution in [0.1, 0.15) is 25.8 Å². The molecule has 80 valence electrons. The molecule has 0 aliphatic carbocycles. The first kappa shape index (κ1) is 11.3. The Morgan fingerprint density at radius 1 is 1.53 bits per heavy atom. The molecule has 0 atom stereocenters. The van der Waals surface area contributed by atoms with Gasteiger partial charge >= 0.3 is 5.97 Å². The molecule has 0 saturated heterocycles. The summed E-state index contributed by atoms with van der Waals surface area (Å²) in [5.74, 6) is -0.174. The predicted molar refractivity (Wildman–Crippen MR) is 58.7 cm³/mol. The van der Waals surface area contributed by atoms with Crippen LogP contribution in [0.2, 0.25) is 0 Å². The van der Waals surface area contributed by atoms with E-state index in [-0.39, 0.29) is 23.9 Å². The van der Waals surface area contributed by atoms with Crippen molar-refractivity contribution in [3.8, 4) is 11.5 Å². The molecule has 1 aromatic rings. The normalized spacial score (nSPS) is 10.5. The number of esters is 1. The van der Waals surface area contributed by atoms with Crippen LogP contribution in [0.3, 0.4) is 0 Å². The fourth-order valence-corrected chi connectivity index (χ4v) is 1.11. The molecular formula is C12H14O3. The smallest absolute Gasteiger partial charge is 0.311 e. The van der Waals surface area contributed by atoms with Gasteiger partial charge in [-0.15, -0.1) is 0 Å². The van der Waals surface area contributed by atoms with E-state index in [1.165, 1.54) is 0 Å². The number of ether oxygens (including phenoxy) is 1. The van der Waals surface area contributed by atoms with Crippen molar-refractivity contribution in [3.63, 3.8) is 0 Å². The molecule has 0 aromatic heterocycles. The lowest BCUT2D eigenvalue weighted by Crippen LogP contribution is -2.05. The monoisotopic (exact) mass is 206 g/mol. The molecule has 0 aliphatic heterocycles.